The summed E-state index contributed by atoms with van der Waals surface area (Å²) >= 11 is 0. The molecule has 27 heavy (non-hydrogen) atoms. The van der Waals surface area contributed by atoms with Crippen molar-refractivity contribution in [1.82, 2.24) is 14.6 Å². The number of aryl methyl sites for hydroxylation is 3. The molecule has 3 aromatic rings. The Hall–Kier alpha value is -3.22. The summed E-state index contributed by atoms with van der Waals surface area (Å²) in [4.78, 5) is 27.9. The zero-order chi connectivity index (χ0) is 19.6. The minimum Gasteiger partial charge on any atom is -0.326 e. The number of carbonyl (C=O) groups excluding carboxylic acids is 2. The highest BCUT2D eigenvalue weighted by Crippen LogP contribution is 2.18. The highest BCUT2D eigenvalue weighted by Gasteiger charge is 2.13. The van der Waals surface area contributed by atoms with E-state index in [1.807, 2.05) is 31.4 Å². The first-order valence-electron chi connectivity index (χ1n) is 8.83. The largest absolute Gasteiger partial charge is 0.326 e. The van der Waals surface area contributed by atoms with Gasteiger partial charge in [-0.2, -0.15) is 5.10 Å². The number of hydrogen-bond acceptors (Lipinski definition) is 4. The van der Waals surface area contributed by atoms with Gasteiger partial charge in [0.2, 0.25) is 11.8 Å². The Morgan fingerprint density at radius 3 is 2.30 bits per heavy atom. The number of carbonyl (C=O) groups is 2. The highest BCUT2D eigenvalue weighted by atomic mass is 16.2. The number of benzene rings is 1. The van der Waals surface area contributed by atoms with E-state index in [9.17, 15) is 9.59 Å². The van der Waals surface area contributed by atoms with Crippen LogP contribution >= 0.6 is 0 Å². The van der Waals surface area contributed by atoms with Gasteiger partial charge in [-0.3, -0.25) is 9.59 Å². The maximum atomic E-state index is 12.3. The average molecular weight is 365 g/mol. The Balaban J connectivity index is 1.65. The van der Waals surface area contributed by atoms with Crippen molar-refractivity contribution >= 4 is 28.8 Å². The topological polar surface area (TPSA) is 88.4 Å². The van der Waals surface area contributed by atoms with Gasteiger partial charge in [-0.25, -0.2) is 9.50 Å². The van der Waals surface area contributed by atoms with E-state index in [1.165, 1.54) is 6.92 Å². The van der Waals surface area contributed by atoms with Gasteiger partial charge in [-0.05, 0) is 57.0 Å². The van der Waals surface area contributed by atoms with E-state index in [4.69, 9.17) is 0 Å². The molecule has 1 aromatic carbocycles. The van der Waals surface area contributed by atoms with Crippen LogP contribution in [0.15, 0.2) is 30.3 Å². The minimum atomic E-state index is -0.129. The van der Waals surface area contributed by atoms with Gasteiger partial charge in [0, 0.05) is 42.2 Å². The fraction of sp³-hybridized carbons (Fsp3) is 0.300. The third-order valence-corrected chi connectivity index (χ3v) is 4.38. The maximum Gasteiger partial charge on any atom is 0.224 e. The molecular weight excluding hydrogens is 342 g/mol. The number of aromatic nitrogens is 3. The second kappa shape index (κ2) is 7.57. The Morgan fingerprint density at radius 1 is 1.04 bits per heavy atom. The highest BCUT2D eigenvalue weighted by molar-refractivity contribution is 5.92. The molecule has 0 bridgehead atoms. The first kappa shape index (κ1) is 18.6. The van der Waals surface area contributed by atoms with Crippen LogP contribution in [0.2, 0.25) is 0 Å². The lowest BCUT2D eigenvalue weighted by Gasteiger charge is -2.11. The lowest BCUT2D eigenvalue weighted by Crippen LogP contribution is -2.14. The fourth-order valence-electron chi connectivity index (χ4n) is 3.11. The quantitative estimate of drug-likeness (QED) is 0.727. The number of fused-ring (bicyclic) bond motifs is 1. The summed E-state index contributed by atoms with van der Waals surface area (Å²) in [6, 6.07) is 8.98. The molecule has 0 aliphatic carbocycles. The number of hydrogen-bond donors (Lipinski definition) is 2. The third-order valence-electron chi connectivity index (χ3n) is 4.38. The minimum absolute atomic E-state index is 0.0715. The first-order chi connectivity index (χ1) is 12.8. The molecule has 2 heterocycles. The van der Waals surface area contributed by atoms with E-state index in [-0.39, 0.29) is 11.8 Å². The predicted molar refractivity (Wildman–Crippen MR) is 105 cm³/mol. The number of nitrogens with zero attached hydrogens (tertiary/aromatic N) is 3. The first-order valence-corrected chi connectivity index (χ1v) is 8.83. The lowest BCUT2D eigenvalue weighted by molar-refractivity contribution is -0.116. The molecule has 7 heteroatoms. The Morgan fingerprint density at radius 2 is 1.67 bits per heavy atom. The summed E-state index contributed by atoms with van der Waals surface area (Å²) in [5.41, 5.74) is 6.12. The van der Waals surface area contributed by atoms with Crippen molar-refractivity contribution in [3.63, 3.8) is 0 Å². The van der Waals surface area contributed by atoms with Crippen LogP contribution in [0.25, 0.3) is 5.65 Å². The van der Waals surface area contributed by atoms with Crippen LogP contribution < -0.4 is 10.6 Å². The van der Waals surface area contributed by atoms with Gasteiger partial charge in [0.05, 0.1) is 5.69 Å². The van der Waals surface area contributed by atoms with E-state index in [0.29, 0.717) is 24.2 Å². The van der Waals surface area contributed by atoms with Crippen molar-refractivity contribution in [3.05, 3.63) is 53.0 Å². The fourth-order valence-corrected chi connectivity index (χ4v) is 3.11. The Kier molecular flexibility index (Phi) is 5.21. The van der Waals surface area contributed by atoms with Crippen molar-refractivity contribution in [2.75, 3.05) is 10.6 Å². The van der Waals surface area contributed by atoms with Gasteiger partial charge in [0.25, 0.3) is 0 Å². The summed E-state index contributed by atoms with van der Waals surface area (Å²) in [5.74, 6) is -0.201. The summed E-state index contributed by atoms with van der Waals surface area (Å²) in [6.45, 7) is 7.36. The molecule has 0 spiro atoms. The zero-order valence-electron chi connectivity index (χ0n) is 16.0. The van der Waals surface area contributed by atoms with Gasteiger partial charge in [0.1, 0.15) is 0 Å². The molecule has 2 amide bonds. The molecule has 0 radical (unpaired) electrons. The van der Waals surface area contributed by atoms with Crippen LogP contribution in [0.1, 0.15) is 36.0 Å². The summed E-state index contributed by atoms with van der Waals surface area (Å²) in [6.07, 6.45) is 0.942. The Bertz CT molecular complexity index is 1010. The molecular formula is C20H23N5O2. The second-order valence-electron chi connectivity index (χ2n) is 6.62. The molecule has 0 saturated carbocycles. The summed E-state index contributed by atoms with van der Waals surface area (Å²) < 4.78 is 1.83. The molecule has 2 aromatic heterocycles. The molecule has 0 aliphatic rings. The van der Waals surface area contributed by atoms with Crippen LogP contribution in [-0.2, 0) is 16.0 Å². The van der Waals surface area contributed by atoms with Gasteiger partial charge < -0.3 is 10.6 Å². The zero-order valence-corrected chi connectivity index (χ0v) is 16.0. The number of rotatable bonds is 5. The molecule has 2 N–H and O–H groups in total. The molecule has 0 saturated heterocycles. The normalized spacial score (nSPS) is 10.8. The van der Waals surface area contributed by atoms with Crippen molar-refractivity contribution in [2.24, 2.45) is 0 Å². The second-order valence-corrected chi connectivity index (χ2v) is 6.62. The van der Waals surface area contributed by atoms with Crippen molar-refractivity contribution in [3.8, 4) is 0 Å². The van der Waals surface area contributed by atoms with Crippen LogP contribution in [0.4, 0.5) is 11.4 Å². The van der Waals surface area contributed by atoms with E-state index < -0.39 is 0 Å². The monoisotopic (exact) mass is 365 g/mol. The van der Waals surface area contributed by atoms with Crippen molar-refractivity contribution < 1.29 is 9.59 Å². The van der Waals surface area contributed by atoms with E-state index in [2.05, 4.69) is 20.7 Å². The van der Waals surface area contributed by atoms with Crippen LogP contribution in [0.3, 0.4) is 0 Å². The van der Waals surface area contributed by atoms with Gasteiger partial charge in [-0.15, -0.1) is 0 Å². The van der Waals surface area contributed by atoms with E-state index in [1.54, 1.807) is 24.3 Å². The standard InChI is InChI=1S/C20H23N5O2/c1-12-11-19-21-13(2)18(14(3)25(19)24-12)9-10-20(27)23-17-7-5-16(6-8-17)22-15(4)26/h5-8,11H,9-10H2,1-4H3,(H,22,26)(H,23,27). The molecule has 7 nitrogen and oxygen atoms in total. The van der Waals surface area contributed by atoms with Crippen molar-refractivity contribution in [1.29, 1.82) is 0 Å². The lowest BCUT2D eigenvalue weighted by atomic mass is 10.1. The van der Waals surface area contributed by atoms with E-state index in [0.717, 1.165) is 28.3 Å². The molecule has 0 atom stereocenters. The number of amides is 2. The molecule has 0 aliphatic heterocycles. The third kappa shape index (κ3) is 4.31. The number of nitrogens with one attached hydrogen (secondary N) is 2. The maximum absolute atomic E-state index is 12.3. The van der Waals surface area contributed by atoms with Crippen LogP contribution in [0, 0.1) is 20.8 Å². The number of anilines is 2. The van der Waals surface area contributed by atoms with Gasteiger partial charge in [0.15, 0.2) is 5.65 Å². The molecule has 3 rings (SSSR count). The smallest absolute Gasteiger partial charge is 0.224 e. The Labute approximate surface area is 157 Å². The van der Waals surface area contributed by atoms with Gasteiger partial charge >= 0.3 is 0 Å². The van der Waals surface area contributed by atoms with Crippen molar-refractivity contribution in [2.45, 2.75) is 40.5 Å². The van der Waals surface area contributed by atoms with E-state index >= 15 is 0 Å². The summed E-state index contributed by atoms with van der Waals surface area (Å²) in [5, 5.41) is 10.0. The molecule has 0 unspecified atom stereocenters. The molecule has 0 fully saturated rings. The van der Waals surface area contributed by atoms with Crippen LogP contribution in [0.5, 0.6) is 0 Å². The molecule has 140 valence electrons. The van der Waals surface area contributed by atoms with Gasteiger partial charge in [-0.1, -0.05) is 0 Å². The average Bonchev–Trinajstić information content (AvgIpc) is 2.96. The predicted octanol–water partition coefficient (Wildman–Crippen LogP) is 3.18. The summed E-state index contributed by atoms with van der Waals surface area (Å²) in [7, 11) is 0. The van der Waals surface area contributed by atoms with Crippen LogP contribution in [-0.4, -0.2) is 26.4 Å². The SMILES string of the molecule is CC(=O)Nc1ccc(NC(=O)CCc2c(C)nc3cc(C)nn3c2C)cc1.